The van der Waals surface area contributed by atoms with Crippen LogP contribution in [0.15, 0.2) is 0 Å². The zero-order valence-electron chi connectivity index (χ0n) is 6.63. The summed E-state index contributed by atoms with van der Waals surface area (Å²) in [7, 11) is 0. The molecule has 0 aromatic heterocycles. The van der Waals surface area contributed by atoms with Gasteiger partial charge in [-0.25, -0.2) is 4.79 Å². The molecule has 0 fully saturated rings. The molecule has 2 N–H and O–H groups in total. The van der Waals surface area contributed by atoms with Crippen LogP contribution in [0, 0.1) is 0 Å². The number of rotatable bonds is 5. The van der Waals surface area contributed by atoms with Crippen LogP contribution in [0.4, 0.5) is 8.78 Å². The topological polar surface area (TPSA) is 60.8 Å². The molecular weight excluding hydrogens is 172 g/mol. The van der Waals surface area contributed by atoms with Crippen molar-refractivity contribution < 1.29 is 23.9 Å². The Kier molecular flexibility index (Phi) is 4.05. The summed E-state index contributed by atoms with van der Waals surface area (Å²) in [4.78, 5) is 9.87. The number of hydrogen-bond acceptors (Lipinski definition) is 3. The fourth-order valence-corrected chi connectivity index (χ4v) is 0.634. The number of hydroxylamine groups is 2. The lowest BCUT2D eigenvalue weighted by Gasteiger charge is -2.17. The number of nitrogens with zero attached hydrogens (tertiary/aromatic N) is 1. The van der Waals surface area contributed by atoms with Crippen molar-refractivity contribution >= 4 is 5.97 Å². The zero-order valence-corrected chi connectivity index (χ0v) is 6.63. The first-order chi connectivity index (χ1) is 5.40. The molecule has 0 atom stereocenters. The minimum absolute atomic E-state index is 0.0306. The number of hydrogen-bond donors (Lipinski definition) is 2. The Hall–Kier alpha value is -0.750. The highest BCUT2D eigenvalue weighted by atomic mass is 19.3. The highest BCUT2D eigenvalue weighted by molar-refractivity contribution is 5.75. The van der Waals surface area contributed by atoms with E-state index in [9.17, 15) is 13.6 Å². The molecule has 0 aliphatic heterocycles. The van der Waals surface area contributed by atoms with E-state index in [4.69, 9.17) is 10.3 Å². The van der Waals surface area contributed by atoms with Crippen molar-refractivity contribution in [2.75, 3.05) is 13.1 Å². The Morgan fingerprint density at radius 2 is 2.08 bits per heavy atom. The molecule has 0 rings (SSSR count). The largest absolute Gasteiger partial charge is 0.477 e. The van der Waals surface area contributed by atoms with E-state index in [2.05, 4.69) is 0 Å². The summed E-state index contributed by atoms with van der Waals surface area (Å²) in [6.07, 6.45) is 0.478. The number of alkyl halides is 2. The number of halogens is 2. The van der Waals surface area contributed by atoms with Crippen molar-refractivity contribution in [3.05, 3.63) is 0 Å². The summed E-state index contributed by atoms with van der Waals surface area (Å²) < 4.78 is 24.6. The average molecular weight is 183 g/mol. The molecule has 0 aliphatic carbocycles. The monoisotopic (exact) mass is 183 g/mol. The van der Waals surface area contributed by atoms with Crippen LogP contribution in [0.3, 0.4) is 0 Å². The summed E-state index contributed by atoms with van der Waals surface area (Å²) in [6.45, 7) is 0.543. The third-order valence-electron chi connectivity index (χ3n) is 1.18. The Morgan fingerprint density at radius 3 is 2.42 bits per heavy atom. The SMILES string of the molecule is CCCN(O)CC(F)(F)C(=O)O. The molecule has 72 valence electrons. The third-order valence-corrected chi connectivity index (χ3v) is 1.18. The molecule has 12 heavy (non-hydrogen) atoms. The van der Waals surface area contributed by atoms with E-state index in [1.807, 2.05) is 0 Å². The van der Waals surface area contributed by atoms with Crippen molar-refractivity contribution in [2.45, 2.75) is 19.3 Å². The predicted octanol–water partition coefficient (Wildman–Crippen LogP) is 0.808. The molecule has 0 unspecified atom stereocenters. The molecule has 6 heteroatoms. The standard InChI is InChI=1S/C6H11F2NO3/c1-2-3-9(12)4-6(7,8)5(10)11/h12H,2-4H2,1H3,(H,10,11). The minimum Gasteiger partial charge on any atom is -0.477 e. The number of carbonyl (C=O) groups is 1. The van der Waals surface area contributed by atoms with Gasteiger partial charge >= 0.3 is 11.9 Å². The zero-order chi connectivity index (χ0) is 9.78. The maximum atomic E-state index is 12.3. The molecule has 0 spiro atoms. The van der Waals surface area contributed by atoms with Gasteiger partial charge in [0.05, 0.1) is 6.54 Å². The number of carboxylic acids is 1. The van der Waals surface area contributed by atoms with Gasteiger partial charge in [-0.1, -0.05) is 6.92 Å². The van der Waals surface area contributed by atoms with Gasteiger partial charge in [-0.05, 0) is 6.42 Å². The fraction of sp³-hybridized carbons (Fsp3) is 0.833. The van der Waals surface area contributed by atoms with E-state index in [1.54, 1.807) is 6.92 Å². The van der Waals surface area contributed by atoms with E-state index in [1.165, 1.54) is 0 Å². The molecule has 0 aliphatic rings. The highest BCUT2D eigenvalue weighted by Gasteiger charge is 2.40. The van der Waals surface area contributed by atoms with Crippen molar-refractivity contribution in [2.24, 2.45) is 0 Å². The maximum absolute atomic E-state index is 12.3. The van der Waals surface area contributed by atoms with Gasteiger partial charge in [0.15, 0.2) is 0 Å². The first-order valence-electron chi connectivity index (χ1n) is 3.45. The Morgan fingerprint density at radius 1 is 1.58 bits per heavy atom. The average Bonchev–Trinajstić information content (AvgIpc) is 1.85. The molecule has 0 aromatic carbocycles. The molecule has 0 amide bonds. The van der Waals surface area contributed by atoms with E-state index in [0.717, 1.165) is 0 Å². The molecule has 4 nitrogen and oxygen atoms in total. The Balaban J connectivity index is 3.96. The van der Waals surface area contributed by atoms with Crippen molar-refractivity contribution in [1.29, 1.82) is 0 Å². The summed E-state index contributed by atoms with van der Waals surface area (Å²) in [5, 5.41) is 17.0. The van der Waals surface area contributed by atoms with Gasteiger partial charge in [0.1, 0.15) is 0 Å². The van der Waals surface area contributed by atoms with E-state index < -0.39 is 18.4 Å². The Bertz CT molecular complexity index is 163. The number of carboxylic acid groups (broad SMARTS) is 1. The van der Waals surface area contributed by atoms with E-state index in [-0.39, 0.29) is 6.54 Å². The third kappa shape index (κ3) is 3.59. The molecular formula is C6H11F2NO3. The van der Waals surface area contributed by atoms with Crippen LogP contribution in [0.5, 0.6) is 0 Å². The second-order valence-electron chi connectivity index (χ2n) is 2.40. The van der Waals surface area contributed by atoms with Crippen LogP contribution in [0.1, 0.15) is 13.3 Å². The van der Waals surface area contributed by atoms with Gasteiger partial charge in [-0.15, -0.1) is 0 Å². The quantitative estimate of drug-likeness (QED) is 0.619. The van der Waals surface area contributed by atoms with Crippen LogP contribution >= 0.6 is 0 Å². The molecule has 0 radical (unpaired) electrons. The highest BCUT2D eigenvalue weighted by Crippen LogP contribution is 2.14. The smallest absolute Gasteiger partial charge is 0.376 e. The summed E-state index contributed by atoms with van der Waals surface area (Å²) in [5.74, 6) is -6.11. The fourth-order valence-electron chi connectivity index (χ4n) is 0.634. The first kappa shape index (κ1) is 11.2. The lowest BCUT2D eigenvalue weighted by molar-refractivity contribution is -0.187. The summed E-state index contributed by atoms with van der Waals surface area (Å²) in [6, 6.07) is 0. The van der Waals surface area contributed by atoms with Gasteiger partial charge in [0, 0.05) is 6.54 Å². The Labute approximate surface area is 68.4 Å². The van der Waals surface area contributed by atoms with Gasteiger partial charge < -0.3 is 10.3 Å². The molecule has 0 aromatic rings. The van der Waals surface area contributed by atoms with E-state index >= 15 is 0 Å². The molecule has 0 saturated carbocycles. The number of aliphatic carboxylic acids is 1. The lowest BCUT2D eigenvalue weighted by atomic mass is 10.3. The van der Waals surface area contributed by atoms with Crippen LogP contribution in [0.25, 0.3) is 0 Å². The molecule has 0 heterocycles. The van der Waals surface area contributed by atoms with Crippen LogP contribution in [0.2, 0.25) is 0 Å². The van der Waals surface area contributed by atoms with Crippen LogP contribution in [-0.2, 0) is 4.79 Å². The van der Waals surface area contributed by atoms with E-state index in [0.29, 0.717) is 11.5 Å². The molecule has 0 bridgehead atoms. The van der Waals surface area contributed by atoms with Crippen LogP contribution < -0.4 is 0 Å². The van der Waals surface area contributed by atoms with Gasteiger partial charge in [0.25, 0.3) is 0 Å². The molecule has 0 saturated heterocycles. The van der Waals surface area contributed by atoms with Gasteiger partial charge in [0.2, 0.25) is 0 Å². The predicted molar refractivity (Wildman–Crippen MR) is 36.2 cm³/mol. The van der Waals surface area contributed by atoms with Gasteiger partial charge in [-0.2, -0.15) is 13.8 Å². The minimum atomic E-state index is -3.88. The van der Waals surface area contributed by atoms with Crippen molar-refractivity contribution in [1.82, 2.24) is 5.06 Å². The maximum Gasteiger partial charge on any atom is 0.376 e. The van der Waals surface area contributed by atoms with Crippen molar-refractivity contribution in [3.63, 3.8) is 0 Å². The lowest BCUT2D eigenvalue weighted by Crippen LogP contribution is -2.41. The van der Waals surface area contributed by atoms with Gasteiger partial charge in [-0.3, -0.25) is 0 Å². The normalized spacial score (nSPS) is 12.1. The van der Waals surface area contributed by atoms with Crippen LogP contribution in [-0.4, -0.2) is 40.4 Å². The second kappa shape index (κ2) is 4.32. The first-order valence-corrected chi connectivity index (χ1v) is 3.45. The van der Waals surface area contributed by atoms with Crippen molar-refractivity contribution in [3.8, 4) is 0 Å². The summed E-state index contributed by atoms with van der Waals surface area (Å²) >= 11 is 0. The summed E-state index contributed by atoms with van der Waals surface area (Å²) in [5.41, 5.74) is 0. The second-order valence-corrected chi connectivity index (χ2v) is 2.40.